The summed E-state index contributed by atoms with van der Waals surface area (Å²) in [6.45, 7) is 0. The monoisotopic (exact) mass is 183 g/mol. The Kier molecular flexibility index (Phi) is 1.64. The topological polar surface area (TPSA) is 23.8 Å². The van der Waals surface area contributed by atoms with Crippen molar-refractivity contribution in [1.82, 2.24) is 0 Å². The maximum atomic E-state index is 8.69. The number of hydrogen-bond acceptors (Lipinski definition) is 1. The van der Waals surface area contributed by atoms with E-state index in [1.165, 1.54) is 24.8 Å². The predicted molar refractivity (Wildman–Crippen MR) is 54.7 cm³/mol. The molecule has 0 N–H and O–H groups in total. The Morgan fingerprint density at radius 1 is 1.14 bits per heavy atom. The van der Waals surface area contributed by atoms with Gasteiger partial charge in [-0.3, -0.25) is 0 Å². The van der Waals surface area contributed by atoms with Gasteiger partial charge in [-0.15, -0.1) is 0 Å². The third kappa shape index (κ3) is 1.00. The molecule has 0 bridgehead atoms. The minimum atomic E-state index is 0.776. The van der Waals surface area contributed by atoms with Crippen LogP contribution in [0, 0.1) is 23.2 Å². The highest BCUT2D eigenvalue weighted by molar-refractivity contribution is 5.34. The maximum absolute atomic E-state index is 8.69. The molecule has 0 aromatic heterocycles. The lowest BCUT2D eigenvalue weighted by molar-refractivity contribution is 0.0216. The Labute approximate surface area is 84.4 Å². The molecule has 2 fully saturated rings. The molecule has 1 heteroatoms. The van der Waals surface area contributed by atoms with E-state index in [0.29, 0.717) is 0 Å². The lowest BCUT2D eigenvalue weighted by Gasteiger charge is -2.53. The summed E-state index contributed by atoms with van der Waals surface area (Å²) in [5.41, 5.74) is 2.23. The number of nitriles is 1. The number of fused-ring (bicyclic) bond motifs is 1. The van der Waals surface area contributed by atoms with E-state index in [9.17, 15) is 0 Å². The molecule has 2 aliphatic carbocycles. The minimum absolute atomic E-state index is 0.776. The highest BCUT2D eigenvalue weighted by Crippen LogP contribution is 2.58. The van der Waals surface area contributed by atoms with E-state index >= 15 is 0 Å². The third-order valence-electron chi connectivity index (χ3n) is 4.02. The molecule has 14 heavy (non-hydrogen) atoms. The molecule has 0 radical (unpaired) electrons. The minimum Gasteiger partial charge on any atom is -0.192 e. The molecule has 0 aliphatic heterocycles. The number of nitrogens with zero attached hydrogens (tertiary/aromatic N) is 1. The van der Waals surface area contributed by atoms with E-state index < -0.39 is 0 Å². The van der Waals surface area contributed by atoms with E-state index in [4.69, 9.17) is 5.26 Å². The van der Waals surface area contributed by atoms with Gasteiger partial charge >= 0.3 is 0 Å². The smallest absolute Gasteiger partial charge is 0.0991 e. The highest BCUT2D eigenvalue weighted by atomic mass is 14.5. The molecular formula is C13H13N. The van der Waals surface area contributed by atoms with Crippen LogP contribution in [-0.4, -0.2) is 0 Å². The second-order valence-corrected chi connectivity index (χ2v) is 4.58. The van der Waals surface area contributed by atoms with Crippen molar-refractivity contribution in [2.45, 2.75) is 25.2 Å². The zero-order valence-corrected chi connectivity index (χ0v) is 8.11. The molecule has 70 valence electrons. The van der Waals surface area contributed by atoms with Crippen LogP contribution in [0.4, 0.5) is 0 Å². The first-order chi connectivity index (χ1) is 6.88. The van der Waals surface area contributed by atoms with Crippen LogP contribution < -0.4 is 0 Å². The Morgan fingerprint density at radius 2 is 1.93 bits per heavy atom. The molecule has 2 aliphatic rings. The zero-order chi connectivity index (χ0) is 9.54. The van der Waals surface area contributed by atoms with Crippen molar-refractivity contribution in [2.75, 3.05) is 0 Å². The van der Waals surface area contributed by atoms with Gasteiger partial charge in [0, 0.05) is 0 Å². The van der Waals surface area contributed by atoms with Gasteiger partial charge in [0.05, 0.1) is 11.6 Å². The van der Waals surface area contributed by atoms with Gasteiger partial charge in [0.2, 0.25) is 0 Å². The average Bonchev–Trinajstić information content (AvgIpc) is 2.22. The Balaban J connectivity index is 1.81. The molecule has 0 spiro atoms. The summed E-state index contributed by atoms with van der Waals surface area (Å²) in [6, 6.07) is 10.3. The second-order valence-electron chi connectivity index (χ2n) is 4.58. The summed E-state index contributed by atoms with van der Waals surface area (Å²) in [6.07, 6.45) is 4.27. The Morgan fingerprint density at radius 3 is 2.36 bits per heavy atom. The molecule has 3 rings (SSSR count). The van der Waals surface area contributed by atoms with Gasteiger partial charge in [-0.05, 0) is 54.7 Å². The number of rotatable bonds is 1. The molecule has 1 aromatic carbocycles. The van der Waals surface area contributed by atoms with Gasteiger partial charge in [0.1, 0.15) is 0 Å². The fourth-order valence-electron chi connectivity index (χ4n) is 2.91. The van der Waals surface area contributed by atoms with E-state index in [1.807, 2.05) is 12.1 Å². The van der Waals surface area contributed by atoms with Crippen LogP contribution >= 0.6 is 0 Å². The average molecular weight is 183 g/mol. The van der Waals surface area contributed by atoms with Crippen LogP contribution in [0.5, 0.6) is 0 Å². The van der Waals surface area contributed by atoms with Gasteiger partial charge in [0.15, 0.2) is 0 Å². The van der Waals surface area contributed by atoms with Crippen LogP contribution in [0.2, 0.25) is 0 Å². The molecule has 0 amide bonds. The summed E-state index contributed by atoms with van der Waals surface area (Å²) < 4.78 is 0. The fraction of sp³-hybridized carbons (Fsp3) is 0.462. The molecule has 3 atom stereocenters. The lowest BCUT2D eigenvalue weighted by atomic mass is 9.52. The van der Waals surface area contributed by atoms with Gasteiger partial charge in [-0.1, -0.05) is 12.1 Å². The van der Waals surface area contributed by atoms with Crippen LogP contribution in [-0.2, 0) is 0 Å². The second kappa shape index (κ2) is 2.85. The third-order valence-corrected chi connectivity index (χ3v) is 4.02. The van der Waals surface area contributed by atoms with Gasteiger partial charge < -0.3 is 0 Å². The SMILES string of the molecule is N#Cc1ccc(C2CC3CCC32)cc1. The predicted octanol–water partition coefficient (Wildman–Crippen LogP) is 3.07. The molecule has 2 saturated carbocycles. The van der Waals surface area contributed by atoms with Crippen molar-refractivity contribution in [2.24, 2.45) is 11.8 Å². The van der Waals surface area contributed by atoms with Gasteiger partial charge in [-0.25, -0.2) is 0 Å². The summed E-state index contributed by atoms with van der Waals surface area (Å²) in [7, 11) is 0. The van der Waals surface area contributed by atoms with Crippen molar-refractivity contribution < 1.29 is 0 Å². The molecular weight excluding hydrogens is 170 g/mol. The molecule has 3 unspecified atom stereocenters. The number of benzene rings is 1. The quantitative estimate of drug-likeness (QED) is 0.656. The van der Waals surface area contributed by atoms with Gasteiger partial charge in [0.25, 0.3) is 0 Å². The van der Waals surface area contributed by atoms with Crippen molar-refractivity contribution in [3.8, 4) is 6.07 Å². The number of hydrogen-bond donors (Lipinski definition) is 0. The first-order valence-corrected chi connectivity index (χ1v) is 5.38. The standard InChI is InChI=1S/C13H13N/c14-8-9-1-3-10(4-2-9)13-7-11-5-6-12(11)13/h1-4,11-13H,5-7H2. The molecule has 1 aromatic rings. The zero-order valence-electron chi connectivity index (χ0n) is 8.11. The largest absolute Gasteiger partial charge is 0.192 e. The maximum Gasteiger partial charge on any atom is 0.0991 e. The first-order valence-electron chi connectivity index (χ1n) is 5.38. The Hall–Kier alpha value is -1.29. The van der Waals surface area contributed by atoms with Crippen molar-refractivity contribution in [1.29, 1.82) is 5.26 Å². The lowest BCUT2D eigenvalue weighted by Crippen LogP contribution is -2.42. The Bertz CT molecular complexity index is 385. The van der Waals surface area contributed by atoms with E-state index in [2.05, 4.69) is 18.2 Å². The molecule has 0 heterocycles. The van der Waals surface area contributed by atoms with E-state index in [-0.39, 0.29) is 0 Å². The molecule has 1 nitrogen and oxygen atoms in total. The van der Waals surface area contributed by atoms with E-state index in [1.54, 1.807) is 0 Å². The highest BCUT2D eigenvalue weighted by Gasteiger charge is 2.47. The molecule has 0 saturated heterocycles. The summed E-state index contributed by atoms with van der Waals surface area (Å²) in [5.74, 6) is 2.82. The fourth-order valence-corrected chi connectivity index (χ4v) is 2.91. The summed E-state index contributed by atoms with van der Waals surface area (Å²) in [5, 5.41) is 8.69. The van der Waals surface area contributed by atoms with Crippen LogP contribution in [0.15, 0.2) is 24.3 Å². The van der Waals surface area contributed by atoms with Crippen molar-refractivity contribution in [3.63, 3.8) is 0 Å². The van der Waals surface area contributed by atoms with Crippen molar-refractivity contribution >= 4 is 0 Å². The first kappa shape index (κ1) is 8.05. The normalized spacial score (nSPS) is 33.5. The summed E-state index contributed by atoms with van der Waals surface area (Å²) >= 11 is 0. The summed E-state index contributed by atoms with van der Waals surface area (Å²) in [4.78, 5) is 0. The van der Waals surface area contributed by atoms with E-state index in [0.717, 1.165) is 23.3 Å². The van der Waals surface area contributed by atoms with Crippen LogP contribution in [0.1, 0.15) is 36.3 Å². The van der Waals surface area contributed by atoms with Crippen molar-refractivity contribution in [3.05, 3.63) is 35.4 Å². The van der Waals surface area contributed by atoms with Gasteiger partial charge in [-0.2, -0.15) is 5.26 Å². The van der Waals surface area contributed by atoms with Crippen LogP contribution in [0.25, 0.3) is 0 Å². The van der Waals surface area contributed by atoms with Crippen LogP contribution in [0.3, 0.4) is 0 Å².